The molecule has 3 heteroatoms. The van der Waals surface area contributed by atoms with Gasteiger partial charge < -0.3 is 10.5 Å². The second kappa shape index (κ2) is 3.96. The molecule has 0 spiro atoms. The second-order valence-electron chi connectivity index (χ2n) is 7.28. The Labute approximate surface area is 110 Å². The van der Waals surface area contributed by atoms with Crippen LogP contribution in [0.1, 0.15) is 60.3 Å². The zero-order valence-corrected chi connectivity index (χ0v) is 12.4. The lowest BCUT2D eigenvalue weighted by atomic mass is 9.70. The van der Waals surface area contributed by atoms with Crippen LogP contribution in [0.4, 0.5) is 0 Å². The number of fused-ring (bicyclic) bond motifs is 2. The van der Waals surface area contributed by atoms with Crippen molar-refractivity contribution in [2.24, 2.45) is 22.5 Å². The summed E-state index contributed by atoms with van der Waals surface area (Å²) >= 11 is 0. The number of carbonyl (C=O) groups is 1. The molecule has 0 aromatic carbocycles. The molecule has 0 saturated heterocycles. The van der Waals surface area contributed by atoms with Gasteiger partial charge in [-0.05, 0) is 43.9 Å². The molecule has 3 nitrogen and oxygen atoms in total. The van der Waals surface area contributed by atoms with Gasteiger partial charge in [0.25, 0.3) is 0 Å². The van der Waals surface area contributed by atoms with Crippen molar-refractivity contribution >= 4 is 5.97 Å². The summed E-state index contributed by atoms with van der Waals surface area (Å²) in [6.07, 6.45) is 4.10. The van der Waals surface area contributed by atoms with E-state index in [1.807, 2.05) is 6.92 Å². The Bertz CT molecular complexity index is 362. The molecule has 0 aliphatic heterocycles. The minimum absolute atomic E-state index is 0.0492. The lowest BCUT2D eigenvalue weighted by Crippen LogP contribution is -2.49. The Kier molecular flexibility index (Phi) is 3.05. The van der Waals surface area contributed by atoms with Crippen LogP contribution in [0.25, 0.3) is 0 Å². The van der Waals surface area contributed by atoms with Crippen LogP contribution >= 0.6 is 0 Å². The van der Waals surface area contributed by atoms with Crippen LogP contribution in [-0.4, -0.2) is 17.6 Å². The average Bonchev–Trinajstić information content (AvgIpc) is 2.62. The number of rotatable bonds is 3. The highest BCUT2D eigenvalue weighted by Crippen LogP contribution is 2.66. The molecule has 0 aromatic heterocycles. The first-order valence-corrected chi connectivity index (χ1v) is 7.15. The van der Waals surface area contributed by atoms with Gasteiger partial charge in [0.15, 0.2) is 0 Å². The molecule has 2 N–H and O–H groups in total. The SMILES string of the molecule is CC[C@](C)(N)C(=O)OC1CC2CCC1(C)C2(C)C. The van der Waals surface area contributed by atoms with Crippen molar-refractivity contribution in [3.8, 4) is 0 Å². The van der Waals surface area contributed by atoms with Crippen LogP contribution in [0.2, 0.25) is 0 Å². The van der Waals surface area contributed by atoms with E-state index in [4.69, 9.17) is 10.5 Å². The van der Waals surface area contributed by atoms with Gasteiger partial charge in [-0.3, -0.25) is 4.79 Å². The van der Waals surface area contributed by atoms with Gasteiger partial charge in [-0.2, -0.15) is 0 Å². The zero-order valence-electron chi connectivity index (χ0n) is 12.4. The van der Waals surface area contributed by atoms with Gasteiger partial charge in [-0.15, -0.1) is 0 Å². The Hall–Kier alpha value is -0.570. The molecule has 18 heavy (non-hydrogen) atoms. The van der Waals surface area contributed by atoms with Gasteiger partial charge in [-0.25, -0.2) is 0 Å². The summed E-state index contributed by atoms with van der Waals surface area (Å²) in [7, 11) is 0. The predicted octanol–water partition coefficient (Wildman–Crippen LogP) is 2.87. The van der Waals surface area contributed by atoms with E-state index in [0.29, 0.717) is 12.3 Å². The number of ether oxygens (including phenoxy) is 1. The third-order valence-corrected chi connectivity index (χ3v) is 6.16. The van der Waals surface area contributed by atoms with Crippen molar-refractivity contribution in [2.45, 2.75) is 71.9 Å². The molecular weight excluding hydrogens is 226 g/mol. The standard InChI is InChI=1S/C15H27NO2/c1-6-15(5,16)12(17)18-11-9-10-7-8-14(11,4)13(10,2)3/h10-11H,6-9,16H2,1-5H3/t10?,11?,14?,15-/m0/s1. The summed E-state index contributed by atoms with van der Waals surface area (Å²) in [5.41, 5.74) is 5.52. The van der Waals surface area contributed by atoms with E-state index in [1.165, 1.54) is 6.42 Å². The van der Waals surface area contributed by atoms with E-state index in [2.05, 4.69) is 20.8 Å². The second-order valence-corrected chi connectivity index (χ2v) is 7.28. The highest BCUT2D eigenvalue weighted by atomic mass is 16.5. The monoisotopic (exact) mass is 253 g/mol. The molecule has 2 aliphatic carbocycles. The highest BCUT2D eigenvalue weighted by Gasteiger charge is 2.63. The van der Waals surface area contributed by atoms with Crippen molar-refractivity contribution in [3.05, 3.63) is 0 Å². The van der Waals surface area contributed by atoms with E-state index >= 15 is 0 Å². The zero-order chi connectivity index (χ0) is 13.8. The maximum Gasteiger partial charge on any atom is 0.326 e. The molecule has 2 saturated carbocycles. The summed E-state index contributed by atoms with van der Waals surface area (Å²) in [6, 6.07) is 0. The Balaban J connectivity index is 2.12. The minimum atomic E-state index is -0.845. The van der Waals surface area contributed by atoms with Crippen LogP contribution < -0.4 is 5.73 Å². The molecule has 0 amide bonds. The van der Waals surface area contributed by atoms with Gasteiger partial charge in [0.2, 0.25) is 0 Å². The van der Waals surface area contributed by atoms with E-state index in [1.54, 1.807) is 6.92 Å². The molecule has 0 aromatic rings. The molecule has 2 bridgehead atoms. The van der Waals surface area contributed by atoms with Gasteiger partial charge in [0, 0.05) is 5.41 Å². The predicted molar refractivity (Wildman–Crippen MR) is 72.0 cm³/mol. The molecule has 2 fully saturated rings. The Morgan fingerprint density at radius 1 is 1.44 bits per heavy atom. The van der Waals surface area contributed by atoms with E-state index in [-0.39, 0.29) is 22.9 Å². The van der Waals surface area contributed by atoms with E-state index < -0.39 is 5.54 Å². The number of esters is 1. The van der Waals surface area contributed by atoms with Crippen LogP contribution in [0.15, 0.2) is 0 Å². The maximum absolute atomic E-state index is 12.1. The number of hydrogen-bond donors (Lipinski definition) is 1. The first kappa shape index (κ1) is 13.9. The largest absolute Gasteiger partial charge is 0.460 e. The van der Waals surface area contributed by atoms with Crippen molar-refractivity contribution in [3.63, 3.8) is 0 Å². The lowest BCUT2D eigenvalue weighted by Gasteiger charge is -2.39. The molecular formula is C15H27NO2. The number of nitrogens with two attached hydrogens (primary N) is 1. The fourth-order valence-electron chi connectivity index (χ4n) is 3.72. The van der Waals surface area contributed by atoms with E-state index in [0.717, 1.165) is 12.8 Å². The fraction of sp³-hybridized carbons (Fsp3) is 0.933. The summed E-state index contributed by atoms with van der Waals surface area (Å²) in [5, 5.41) is 0. The van der Waals surface area contributed by atoms with Crippen LogP contribution in [0.5, 0.6) is 0 Å². The minimum Gasteiger partial charge on any atom is -0.460 e. The molecule has 4 atom stereocenters. The fourth-order valence-corrected chi connectivity index (χ4v) is 3.72. The molecule has 2 aliphatic rings. The highest BCUT2D eigenvalue weighted by molar-refractivity contribution is 5.80. The van der Waals surface area contributed by atoms with Crippen molar-refractivity contribution in [1.29, 1.82) is 0 Å². The quantitative estimate of drug-likeness (QED) is 0.787. The van der Waals surface area contributed by atoms with Gasteiger partial charge in [0.1, 0.15) is 11.6 Å². The van der Waals surface area contributed by atoms with Crippen molar-refractivity contribution in [2.75, 3.05) is 0 Å². The van der Waals surface area contributed by atoms with E-state index in [9.17, 15) is 4.79 Å². The molecule has 2 rings (SSSR count). The third kappa shape index (κ3) is 1.70. The smallest absolute Gasteiger partial charge is 0.326 e. The van der Waals surface area contributed by atoms with Crippen LogP contribution in [0, 0.1) is 16.7 Å². The first-order chi connectivity index (χ1) is 8.15. The lowest BCUT2D eigenvalue weighted by molar-refractivity contribution is -0.163. The number of hydrogen-bond acceptors (Lipinski definition) is 3. The summed E-state index contributed by atoms with van der Waals surface area (Å²) < 4.78 is 5.78. The van der Waals surface area contributed by atoms with Gasteiger partial charge in [0.05, 0.1) is 0 Å². The maximum atomic E-state index is 12.1. The summed E-state index contributed by atoms with van der Waals surface area (Å²) in [4.78, 5) is 12.1. The molecule has 3 unspecified atom stereocenters. The van der Waals surface area contributed by atoms with Gasteiger partial charge in [-0.1, -0.05) is 27.7 Å². The molecule has 0 heterocycles. The Morgan fingerprint density at radius 3 is 2.44 bits per heavy atom. The van der Waals surface area contributed by atoms with Crippen LogP contribution in [-0.2, 0) is 9.53 Å². The number of carbonyl (C=O) groups excluding carboxylic acids is 1. The molecule has 0 radical (unpaired) electrons. The summed E-state index contributed by atoms with van der Waals surface area (Å²) in [6.45, 7) is 10.6. The van der Waals surface area contributed by atoms with Crippen molar-refractivity contribution in [1.82, 2.24) is 0 Å². The average molecular weight is 253 g/mol. The third-order valence-electron chi connectivity index (χ3n) is 6.16. The van der Waals surface area contributed by atoms with Crippen molar-refractivity contribution < 1.29 is 9.53 Å². The van der Waals surface area contributed by atoms with Crippen LogP contribution in [0.3, 0.4) is 0 Å². The normalized spacial score (nSPS) is 40.6. The van der Waals surface area contributed by atoms with Gasteiger partial charge >= 0.3 is 5.97 Å². The molecule has 104 valence electrons. The Morgan fingerprint density at radius 2 is 2.06 bits per heavy atom. The first-order valence-electron chi connectivity index (χ1n) is 7.15. The topological polar surface area (TPSA) is 52.3 Å². The summed E-state index contributed by atoms with van der Waals surface area (Å²) in [5.74, 6) is 0.450.